The number of thiazole rings is 1. The van der Waals surface area contributed by atoms with Gasteiger partial charge in [-0.15, -0.1) is 11.3 Å². The van der Waals surface area contributed by atoms with Crippen LogP contribution in [-0.2, 0) is 5.75 Å². The minimum Gasteiger partial charge on any atom is -0.312 e. The Labute approximate surface area is 119 Å². The Bertz CT molecular complexity index is 370. The van der Waals surface area contributed by atoms with E-state index >= 15 is 0 Å². The smallest absolute Gasteiger partial charge is 0.103 e. The molecule has 1 heterocycles. The fraction of sp³-hybridized carbons (Fsp3) is 0.786. The van der Waals surface area contributed by atoms with Gasteiger partial charge in [0.05, 0.1) is 5.69 Å². The molecule has 2 nitrogen and oxygen atoms in total. The van der Waals surface area contributed by atoms with Crippen molar-refractivity contribution in [1.82, 2.24) is 10.3 Å². The van der Waals surface area contributed by atoms with Gasteiger partial charge in [0.15, 0.2) is 0 Å². The fourth-order valence-electron chi connectivity index (χ4n) is 2.48. The molecule has 102 valence electrons. The fourth-order valence-corrected chi connectivity index (χ4v) is 4.95. The quantitative estimate of drug-likeness (QED) is 0.872. The maximum Gasteiger partial charge on any atom is 0.103 e. The maximum absolute atomic E-state index is 4.72. The number of hydrogen-bond donors (Lipinski definition) is 1. The number of aromatic nitrogens is 1. The second kappa shape index (κ2) is 6.92. The first kappa shape index (κ1) is 14.4. The second-order valence-corrected chi connectivity index (χ2v) is 7.54. The third-order valence-corrected chi connectivity index (χ3v) is 6.60. The average molecular weight is 284 g/mol. The minimum atomic E-state index is 0.427. The molecule has 1 aliphatic rings. The third-order valence-electron chi connectivity index (χ3n) is 3.70. The van der Waals surface area contributed by atoms with E-state index in [-0.39, 0.29) is 0 Å². The Morgan fingerprint density at radius 1 is 1.39 bits per heavy atom. The van der Waals surface area contributed by atoms with Gasteiger partial charge in [-0.05, 0) is 33.7 Å². The standard InChI is InChI=1S/C14H24N2S2/c1-10(15-3)14-11(2)16-13(18-14)9-17-12-7-5-4-6-8-12/h10,12,15H,4-9H2,1-3H3. The van der Waals surface area contributed by atoms with Crippen molar-refractivity contribution in [3.63, 3.8) is 0 Å². The molecule has 0 aromatic carbocycles. The molecule has 4 heteroatoms. The highest BCUT2D eigenvalue weighted by atomic mass is 32.2. The van der Waals surface area contributed by atoms with Crippen LogP contribution >= 0.6 is 23.1 Å². The van der Waals surface area contributed by atoms with Crippen molar-refractivity contribution >= 4 is 23.1 Å². The number of aryl methyl sites for hydroxylation is 1. The number of hydrogen-bond acceptors (Lipinski definition) is 4. The normalized spacial score (nSPS) is 19.1. The van der Waals surface area contributed by atoms with E-state index in [0.29, 0.717) is 6.04 Å². The van der Waals surface area contributed by atoms with Gasteiger partial charge in [0, 0.05) is 21.9 Å². The van der Waals surface area contributed by atoms with Crippen LogP contribution < -0.4 is 5.32 Å². The van der Waals surface area contributed by atoms with Gasteiger partial charge in [0.2, 0.25) is 0 Å². The molecule has 1 N–H and O–H groups in total. The number of rotatable bonds is 5. The molecule has 1 saturated carbocycles. The first-order valence-electron chi connectivity index (χ1n) is 6.95. The lowest BCUT2D eigenvalue weighted by Gasteiger charge is -2.20. The lowest BCUT2D eigenvalue weighted by Crippen LogP contribution is -2.11. The molecular weight excluding hydrogens is 260 g/mol. The molecule has 1 fully saturated rings. The molecule has 0 bridgehead atoms. The molecule has 18 heavy (non-hydrogen) atoms. The molecular formula is C14H24N2S2. The van der Waals surface area contributed by atoms with E-state index in [1.807, 2.05) is 18.4 Å². The van der Waals surface area contributed by atoms with Crippen LogP contribution in [0.5, 0.6) is 0 Å². The van der Waals surface area contributed by atoms with Crippen molar-refractivity contribution < 1.29 is 0 Å². The summed E-state index contributed by atoms with van der Waals surface area (Å²) in [5.41, 5.74) is 1.21. The predicted octanol–water partition coefficient (Wildman–Crippen LogP) is 4.30. The average Bonchev–Trinajstić information content (AvgIpc) is 2.78. The van der Waals surface area contributed by atoms with Gasteiger partial charge in [0.25, 0.3) is 0 Å². The monoisotopic (exact) mass is 284 g/mol. The van der Waals surface area contributed by atoms with E-state index in [1.54, 1.807) is 0 Å². The highest BCUT2D eigenvalue weighted by Crippen LogP contribution is 2.33. The summed E-state index contributed by atoms with van der Waals surface area (Å²) in [6, 6.07) is 0.427. The van der Waals surface area contributed by atoms with Gasteiger partial charge in [-0.3, -0.25) is 0 Å². The van der Waals surface area contributed by atoms with E-state index < -0.39 is 0 Å². The third kappa shape index (κ3) is 3.72. The Hall–Kier alpha value is -0.0600. The zero-order chi connectivity index (χ0) is 13.0. The SMILES string of the molecule is CNC(C)c1sc(CSC2CCCCC2)nc1C. The van der Waals surface area contributed by atoms with Crippen LogP contribution in [0, 0.1) is 6.92 Å². The van der Waals surface area contributed by atoms with Crippen LogP contribution in [0.4, 0.5) is 0 Å². The summed E-state index contributed by atoms with van der Waals surface area (Å²) in [6.45, 7) is 4.34. The largest absolute Gasteiger partial charge is 0.312 e. The van der Waals surface area contributed by atoms with Gasteiger partial charge < -0.3 is 5.32 Å². The van der Waals surface area contributed by atoms with Crippen LogP contribution in [0.2, 0.25) is 0 Å². The summed E-state index contributed by atoms with van der Waals surface area (Å²) in [6.07, 6.45) is 7.12. The van der Waals surface area contributed by atoms with E-state index in [1.165, 1.54) is 47.7 Å². The highest BCUT2D eigenvalue weighted by molar-refractivity contribution is 7.99. The zero-order valence-corrected chi connectivity index (χ0v) is 13.3. The molecule has 2 rings (SSSR count). The Balaban J connectivity index is 1.89. The topological polar surface area (TPSA) is 24.9 Å². The molecule has 0 aliphatic heterocycles. The van der Waals surface area contributed by atoms with E-state index in [9.17, 15) is 0 Å². The zero-order valence-electron chi connectivity index (χ0n) is 11.7. The van der Waals surface area contributed by atoms with Crippen molar-refractivity contribution in [3.8, 4) is 0 Å². The lowest BCUT2D eigenvalue weighted by atomic mass is 10.0. The molecule has 1 aromatic rings. The second-order valence-electron chi connectivity index (χ2n) is 5.14. The van der Waals surface area contributed by atoms with Crippen LogP contribution in [0.3, 0.4) is 0 Å². The van der Waals surface area contributed by atoms with Crippen LogP contribution in [0.15, 0.2) is 0 Å². The van der Waals surface area contributed by atoms with E-state index in [2.05, 4.69) is 30.9 Å². The van der Waals surface area contributed by atoms with Crippen LogP contribution in [0.25, 0.3) is 0 Å². The molecule has 1 aliphatic carbocycles. The van der Waals surface area contributed by atoms with Gasteiger partial charge >= 0.3 is 0 Å². The summed E-state index contributed by atoms with van der Waals surface area (Å²) in [7, 11) is 2.01. The van der Waals surface area contributed by atoms with Crippen molar-refractivity contribution in [2.24, 2.45) is 0 Å². The summed E-state index contributed by atoms with van der Waals surface area (Å²) < 4.78 is 0. The molecule has 0 saturated heterocycles. The number of nitrogens with one attached hydrogen (secondary N) is 1. The van der Waals surface area contributed by atoms with Gasteiger partial charge in [-0.2, -0.15) is 11.8 Å². The highest BCUT2D eigenvalue weighted by Gasteiger charge is 2.16. The molecule has 0 radical (unpaired) electrons. The summed E-state index contributed by atoms with van der Waals surface area (Å²) >= 11 is 4.01. The Morgan fingerprint density at radius 3 is 2.78 bits per heavy atom. The maximum atomic E-state index is 4.72. The van der Waals surface area contributed by atoms with Crippen molar-refractivity contribution in [2.45, 2.75) is 63.0 Å². The van der Waals surface area contributed by atoms with Crippen molar-refractivity contribution in [1.29, 1.82) is 0 Å². The Morgan fingerprint density at radius 2 is 2.11 bits per heavy atom. The van der Waals surface area contributed by atoms with E-state index in [4.69, 9.17) is 4.98 Å². The molecule has 1 atom stereocenters. The van der Waals surface area contributed by atoms with Gasteiger partial charge in [0.1, 0.15) is 5.01 Å². The first-order chi connectivity index (χ1) is 8.70. The Kier molecular flexibility index (Phi) is 5.52. The molecule has 1 aromatic heterocycles. The number of thioether (sulfide) groups is 1. The van der Waals surface area contributed by atoms with Crippen molar-refractivity contribution in [2.75, 3.05) is 7.05 Å². The molecule has 0 amide bonds. The summed E-state index contributed by atoms with van der Waals surface area (Å²) in [5.74, 6) is 1.10. The van der Waals surface area contributed by atoms with Gasteiger partial charge in [-0.25, -0.2) is 4.98 Å². The molecule has 0 spiro atoms. The van der Waals surface area contributed by atoms with Gasteiger partial charge in [-0.1, -0.05) is 19.3 Å². The first-order valence-corrected chi connectivity index (χ1v) is 8.82. The predicted molar refractivity (Wildman–Crippen MR) is 82.5 cm³/mol. The molecule has 1 unspecified atom stereocenters. The minimum absolute atomic E-state index is 0.427. The van der Waals surface area contributed by atoms with Crippen LogP contribution in [-0.4, -0.2) is 17.3 Å². The summed E-state index contributed by atoms with van der Waals surface area (Å²) in [5, 5.41) is 5.49. The number of nitrogens with zero attached hydrogens (tertiary/aromatic N) is 1. The van der Waals surface area contributed by atoms with Crippen molar-refractivity contribution in [3.05, 3.63) is 15.6 Å². The summed E-state index contributed by atoms with van der Waals surface area (Å²) in [4.78, 5) is 6.12. The lowest BCUT2D eigenvalue weighted by molar-refractivity contribution is 0.516. The van der Waals surface area contributed by atoms with E-state index in [0.717, 1.165) is 11.0 Å². The van der Waals surface area contributed by atoms with Crippen LogP contribution in [0.1, 0.15) is 60.6 Å².